The van der Waals surface area contributed by atoms with Crippen molar-refractivity contribution in [3.63, 3.8) is 0 Å². The van der Waals surface area contributed by atoms with Crippen LogP contribution in [0.25, 0.3) is 0 Å². The highest BCUT2D eigenvalue weighted by atomic mass is 15.1. The highest BCUT2D eigenvalue weighted by Crippen LogP contribution is 2.49. The highest BCUT2D eigenvalue weighted by Gasteiger charge is 2.45. The van der Waals surface area contributed by atoms with Gasteiger partial charge in [-0.25, -0.2) is 0 Å². The number of nitrogens with zero attached hydrogens (tertiary/aromatic N) is 1. The van der Waals surface area contributed by atoms with E-state index in [0.717, 1.165) is 19.4 Å². The fourth-order valence-corrected chi connectivity index (χ4v) is 3.89. The van der Waals surface area contributed by atoms with Gasteiger partial charge in [-0.2, -0.15) is 0 Å². The number of anilines is 1. The van der Waals surface area contributed by atoms with Gasteiger partial charge in [0.1, 0.15) is 0 Å². The van der Waals surface area contributed by atoms with Crippen molar-refractivity contribution in [2.75, 3.05) is 11.9 Å². The molecular formula is C17H25BN2. The Balaban J connectivity index is 2.03. The monoisotopic (exact) mass is 268 g/mol. The first kappa shape index (κ1) is 14.0. The molecule has 2 unspecified atom stereocenters. The number of hydrogen-bond acceptors (Lipinski definition) is 2. The molecule has 1 fully saturated rings. The van der Waals surface area contributed by atoms with Crippen LogP contribution in [0, 0.1) is 5.41 Å². The molecule has 0 spiro atoms. The molecule has 1 saturated heterocycles. The van der Waals surface area contributed by atoms with Crippen molar-refractivity contribution in [1.82, 2.24) is 4.81 Å². The van der Waals surface area contributed by atoms with Crippen molar-refractivity contribution in [3.8, 4) is 0 Å². The lowest BCUT2D eigenvalue weighted by Crippen LogP contribution is -2.51. The largest absolute Gasteiger partial charge is 0.381 e. The molecule has 2 heterocycles. The zero-order valence-electron chi connectivity index (χ0n) is 13.1. The Morgan fingerprint density at radius 3 is 2.65 bits per heavy atom. The lowest BCUT2D eigenvalue weighted by Gasteiger charge is -2.47. The standard InChI is InChI=1S/C17H25BN2/c1-16(2)9-10-20(18)17(3,4)11-13-12-7-5-6-8-14(12)19-15(13)16/h5-8,13,15,19H,9-11H2,1-4H3. The first-order chi connectivity index (χ1) is 9.31. The fourth-order valence-electron chi connectivity index (χ4n) is 3.89. The molecule has 0 saturated carbocycles. The molecule has 20 heavy (non-hydrogen) atoms. The van der Waals surface area contributed by atoms with Gasteiger partial charge in [-0.05, 0) is 50.3 Å². The molecule has 2 aliphatic heterocycles. The first-order valence-corrected chi connectivity index (χ1v) is 7.69. The molecule has 106 valence electrons. The van der Waals surface area contributed by atoms with E-state index in [1.54, 1.807) is 0 Å². The predicted octanol–water partition coefficient (Wildman–Crippen LogP) is 3.55. The second kappa shape index (κ2) is 4.52. The average molecular weight is 268 g/mol. The van der Waals surface area contributed by atoms with E-state index in [4.69, 9.17) is 7.98 Å². The summed E-state index contributed by atoms with van der Waals surface area (Å²) in [7, 11) is 6.32. The van der Waals surface area contributed by atoms with Crippen LogP contribution in [0.15, 0.2) is 24.3 Å². The maximum absolute atomic E-state index is 6.32. The van der Waals surface area contributed by atoms with Gasteiger partial charge in [-0.15, -0.1) is 0 Å². The van der Waals surface area contributed by atoms with E-state index < -0.39 is 0 Å². The third-order valence-corrected chi connectivity index (χ3v) is 5.41. The number of fused-ring (bicyclic) bond motifs is 3. The molecule has 2 atom stereocenters. The second-order valence-corrected chi connectivity index (χ2v) is 7.76. The van der Waals surface area contributed by atoms with Gasteiger partial charge in [0.15, 0.2) is 7.98 Å². The van der Waals surface area contributed by atoms with Crippen molar-refractivity contribution < 1.29 is 0 Å². The minimum Gasteiger partial charge on any atom is -0.381 e. The quantitative estimate of drug-likeness (QED) is 0.724. The Morgan fingerprint density at radius 2 is 1.90 bits per heavy atom. The van der Waals surface area contributed by atoms with E-state index in [2.05, 4.69) is 57.3 Å². The fraction of sp³-hybridized carbons (Fsp3) is 0.647. The van der Waals surface area contributed by atoms with E-state index in [9.17, 15) is 0 Å². The molecule has 1 aromatic carbocycles. The van der Waals surface area contributed by atoms with Gasteiger partial charge in [0, 0.05) is 23.2 Å². The maximum Gasteiger partial charge on any atom is 0.183 e. The van der Waals surface area contributed by atoms with Crippen LogP contribution in [0.3, 0.4) is 0 Å². The lowest BCUT2D eigenvalue weighted by atomic mass is 9.69. The van der Waals surface area contributed by atoms with E-state index in [1.807, 2.05) is 4.81 Å². The zero-order valence-corrected chi connectivity index (χ0v) is 13.1. The third kappa shape index (κ3) is 2.16. The minimum atomic E-state index is 0.0402. The van der Waals surface area contributed by atoms with Crippen molar-refractivity contribution >= 4 is 13.7 Å². The van der Waals surface area contributed by atoms with Gasteiger partial charge >= 0.3 is 0 Å². The minimum absolute atomic E-state index is 0.0402. The van der Waals surface area contributed by atoms with Crippen LogP contribution in [0.4, 0.5) is 5.69 Å². The molecule has 3 heteroatoms. The molecule has 2 radical (unpaired) electrons. The van der Waals surface area contributed by atoms with Crippen LogP contribution in [0.5, 0.6) is 0 Å². The van der Waals surface area contributed by atoms with Crippen LogP contribution >= 0.6 is 0 Å². The topological polar surface area (TPSA) is 15.3 Å². The first-order valence-electron chi connectivity index (χ1n) is 7.69. The SMILES string of the molecule is [B]N1CCC(C)(C)C2Nc3ccccc3C2CC1(C)C. The van der Waals surface area contributed by atoms with Crippen LogP contribution in [-0.2, 0) is 0 Å². The van der Waals surface area contributed by atoms with Crippen LogP contribution < -0.4 is 5.32 Å². The molecular weight excluding hydrogens is 243 g/mol. The normalized spacial score (nSPS) is 31.6. The third-order valence-electron chi connectivity index (χ3n) is 5.41. The summed E-state index contributed by atoms with van der Waals surface area (Å²) >= 11 is 0. The van der Waals surface area contributed by atoms with Crippen LogP contribution in [0.2, 0.25) is 0 Å². The highest BCUT2D eigenvalue weighted by molar-refractivity contribution is 6.04. The van der Waals surface area contributed by atoms with E-state index >= 15 is 0 Å². The number of hydrogen-bond donors (Lipinski definition) is 1. The summed E-state index contributed by atoms with van der Waals surface area (Å²) in [6.07, 6.45) is 2.22. The molecule has 1 N–H and O–H groups in total. The van der Waals surface area contributed by atoms with Gasteiger partial charge in [-0.3, -0.25) is 0 Å². The van der Waals surface area contributed by atoms with Gasteiger partial charge in [0.25, 0.3) is 0 Å². The average Bonchev–Trinajstić information content (AvgIpc) is 2.74. The van der Waals surface area contributed by atoms with Gasteiger partial charge < -0.3 is 10.1 Å². The van der Waals surface area contributed by atoms with E-state index in [-0.39, 0.29) is 11.0 Å². The van der Waals surface area contributed by atoms with Gasteiger partial charge in [-0.1, -0.05) is 32.0 Å². The summed E-state index contributed by atoms with van der Waals surface area (Å²) in [5, 5.41) is 3.79. The molecule has 3 rings (SSSR count). The van der Waals surface area contributed by atoms with Crippen molar-refractivity contribution in [2.24, 2.45) is 5.41 Å². The molecule has 0 amide bonds. The maximum atomic E-state index is 6.32. The summed E-state index contributed by atoms with van der Waals surface area (Å²) in [5.74, 6) is 0.544. The summed E-state index contributed by atoms with van der Waals surface area (Å²) < 4.78 is 0. The summed E-state index contributed by atoms with van der Waals surface area (Å²) in [5.41, 5.74) is 3.07. The predicted molar refractivity (Wildman–Crippen MR) is 86.1 cm³/mol. The van der Waals surface area contributed by atoms with Crippen molar-refractivity contribution in [2.45, 2.75) is 58.0 Å². The van der Waals surface area contributed by atoms with Gasteiger partial charge in [0.05, 0.1) is 0 Å². The Labute approximate surface area is 124 Å². The van der Waals surface area contributed by atoms with E-state index in [0.29, 0.717) is 12.0 Å². The summed E-state index contributed by atoms with van der Waals surface area (Å²) in [4.78, 5) is 2.05. The Bertz CT molecular complexity index is 509. The van der Waals surface area contributed by atoms with Crippen molar-refractivity contribution in [3.05, 3.63) is 29.8 Å². The lowest BCUT2D eigenvalue weighted by molar-refractivity contribution is 0.122. The molecule has 1 aromatic rings. The molecule has 0 aromatic heterocycles. The zero-order chi connectivity index (χ0) is 14.5. The summed E-state index contributed by atoms with van der Waals surface area (Å²) in [6.45, 7) is 10.2. The Kier molecular flexibility index (Phi) is 3.17. The van der Waals surface area contributed by atoms with Gasteiger partial charge in [0.2, 0.25) is 0 Å². The number of para-hydroxylation sites is 1. The molecule has 2 nitrogen and oxygen atoms in total. The Hall–Kier alpha value is -0.955. The van der Waals surface area contributed by atoms with Crippen LogP contribution in [0.1, 0.15) is 52.0 Å². The molecule has 0 bridgehead atoms. The van der Waals surface area contributed by atoms with Crippen LogP contribution in [-0.4, -0.2) is 30.9 Å². The molecule has 0 aliphatic carbocycles. The molecule has 2 aliphatic rings. The number of nitrogens with one attached hydrogen (secondary N) is 1. The van der Waals surface area contributed by atoms with Crippen molar-refractivity contribution in [1.29, 1.82) is 0 Å². The smallest absolute Gasteiger partial charge is 0.183 e. The Morgan fingerprint density at radius 1 is 1.20 bits per heavy atom. The van der Waals surface area contributed by atoms with E-state index in [1.165, 1.54) is 11.3 Å². The summed E-state index contributed by atoms with van der Waals surface area (Å²) in [6, 6.07) is 9.28. The number of rotatable bonds is 0. The number of benzene rings is 1. The second-order valence-electron chi connectivity index (χ2n) is 7.76.